The fourth-order valence-electron chi connectivity index (χ4n) is 2.54. The second-order valence-corrected chi connectivity index (χ2v) is 5.11. The third kappa shape index (κ3) is 1.59. The molecule has 4 heteroatoms. The average Bonchev–Trinajstić information content (AvgIpc) is 2.73. The number of hydrogen-bond donors (Lipinski definition) is 1. The molecule has 3 rings (SSSR count). The zero-order valence-corrected chi connectivity index (χ0v) is 10.3. The molecule has 0 radical (unpaired) electrons. The molecule has 17 heavy (non-hydrogen) atoms. The smallest absolute Gasteiger partial charge is 0.254 e. The number of aryl methyl sites for hydroxylation is 1. The zero-order valence-electron chi connectivity index (χ0n) is 10.3. The number of nitrogens with zero attached hydrogens (tertiary/aromatic N) is 2. The number of hydrogen-bond acceptors (Lipinski definition) is 2. The Labute approximate surface area is 99.7 Å². The summed E-state index contributed by atoms with van der Waals surface area (Å²) in [7, 11) is 0. The Bertz CT molecular complexity index is 621. The van der Waals surface area contributed by atoms with Crippen molar-refractivity contribution in [2.24, 2.45) is 0 Å². The van der Waals surface area contributed by atoms with Crippen LogP contribution in [0.5, 0.6) is 0 Å². The highest BCUT2D eigenvalue weighted by Crippen LogP contribution is 2.20. The van der Waals surface area contributed by atoms with Gasteiger partial charge in [0.05, 0.1) is 11.4 Å². The third-order valence-corrected chi connectivity index (χ3v) is 3.53. The zero-order chi connectivity index (χ0) is 12.0. The standard InChI is InChI=1S/C13H17N3O/c1-8(2)10-7-12-14-13(17)9-5-3-4-6-11(9)16(12)15-10/h7-8H,3-6H2,1-2H3,(H,14,17). The summed E-state index contributed by atoms with van der Waals surface area (Å²) in [6.45, 7) is 4.23. The normalized spacial score (nSPS) is 15.5. The quantitative estimate of drug-likeness (QED) is 0.816. The van der Waals surface area contributed by atoms with Crippen molar-refractivity contribution >= 4 is 5.65 Å². The Balaban J connectivity index is 2.32. The predicted octanol–water partition coefficient (Wildman–Crippen LogP) is 2.02. The van der Waals surface area contributed by atoms with Crippen LogP contribution in [0.25, 0.3) is 5.65 Å². The van der Waals surface area contributed by atoms with Crippen molar-refractivity contribution in [1.29, 1.82) is 0 Å². The van der Waals surface area contributed by atoms with E-state index in [-0.39, 0.29) is 5.56 Å². The van der Waals surface area contributed by atoms with E-state index in [9.17, 15) is 4.79 Å². The van der Waals surface area contributed by atoms with Gasteiger partial charge in [0.1, 0.15) is 5.65 Å². The van der Waals surface area contributed by atoms with Crippen LogP contribution in [0.4, 0.5) is 0 Å². The van der Waals surface area contributed by atoms with E-state index in [0.29, 0.717) is 5.92 Å². The minimum absolute atomic E-state index is 0.0717. The van der Waals surface area contributed by atoms with Gasteiger partial charge in [-0.25, -0.2) is 4.52 Å². The number of nitrogens with one attached hydrogen (secondary N) is 1. The molecule has 0 bridgehead atoms. The van der Waals surface area contributed by atoms with Gasteiger partial charge in [-0.15, -0.1) is 0 Å². The van der Waals surface area contributed by atoms with Crippen molar-refractivity contribution in [2.75, 3.05) is 0 Å². The van der Waals surface area contributed by atoms with Gasteiger partial charge < -0.3 is 4.98 Å². The van der Waals surface area contributed by atoms with Crippen molar-refractivity contribution in [3.63, 3.8) is 0 Å². The van der Waals surface area contributed by atoms with Gasteiger partial charge in [0, 0.05) is 11.6 Å². The van der Waals surface area contributed by atoms with Crippen molar-refractivity contribution in [3.05, 3.63) is 33.4 Å². The molecule has 1 aliphatic carbocycles. The van der Waals surface area contributed by atoms with Crippen LogP contribution in [-0.4, -0.2) is 14.6 Å². The topological polar surface area (TPSA) is 50.2 Å². The molecule has 0 saturated carbocycles. The Kier molecular flexibility index (Phi) is 2.31. The van der Waals surface area contributed by atoms with Gasteiger partial charge in [0.2, 0.25) is 0 Å². The lowest BCUT2D eigenvalue weighted by Crippen LogP contribution is -2.22. The fraction of sp³-hybridized carbons (Fsp3) is 0.538. The minimum Gasteiger partial charge on any atom is -0.307 e. The predicted molar refractivity (Wildman–Crippen MR) is 66.5 cm³/mol. The Morgan fingerprint density at radius 2 is 2.12 bits per heavy atom. The van der Waals surface area contributed by atoms with Gasteiger partial charge in [-0.2, -0.15) is 5.10 Å². The molecule has 2 heterocycles. The highest BCUT2D eigenvalue weighted by Gasteiger charge is 2.18. The number of rotatable bonds is 1. The molecule has 1 N–H and O–H groups in total. The summed E-state index contributed by atoms with van der Waals surface area (Å²) in [5.74, 6) is 0.387. The van der Waals surface area contributed by atoms with Crippen LogP contribution in [0.3, 0.4) is 0 Å². The van der Waals surface area contributed by atoms with Crippen LogP contribution in [0.2, 0.25) is 0 Å². The summed E-state index contributed by atoms with van der Waals surface area (Å²) in [5, 5.41) is 4.61. The highest BCUT2D eigenvalue weighted by atomic mass is 16.1. The first-order valence-electron chi connectivity index (χ1n) is 6.30. The molecule has 4 nitrogen and oxygen atoms in total. The molecule has 0 aromatic carbocycles. The largest absolute Gasteiger partial charge is 0.307 e. The van der Waals surface area contributed by atoms with Crippen LogP contribution in [-0.2, 0) is 12.8 Å². The first-order valence-corrected chi connectivity index (χ1v) is 6.30. The minimum atomic E-state index is 0.0717. The molecule has 0 unspecified atom stereocenters. The first kappa shape index (κ1) is 10.6. The van der Waals surface area contributed by atoms with E-state index in [4.69, 9.17) is 0 Å². The Hall–Kier alpha value is -1.58. The fourth-order valence-corrected chi connectivity index (χ4v) is 2.54. The molecular weight excluding hydrogens is 214 g/mol. The summed E-state index contributed by atoms with van der Waals surface area (Å²) < 4.78 is 1.94. The molecule has 0 fully saturated rings. The molecule has 2 aromatic rings. The summed E-state index contributed by atoms with van der Waals surface area (Å²) in [4.78, 5) is 14.9. The molecular formula is C13H17N3O. The maximum atomic E-state index is 12.0. The van der Waals surface area contributed by atoms with Crippen LogP contribution in [0, 0.1) is 0 Å². The molecule has 0 spiro atoms. The van der Waals surface area contributed by atoms with Gasteiger partial charge in [0.25, 0.3) is 5.56 Å². The van der Waals surface area contributed by atoms with Gasteiger partial charge in [-0.3, -0.25) is 4.79 Å². The maximum Gasteiger partial charge on any atom is 0.254 e. The van der Waals surface area contributed by atoms with Crippen LogP contribution in [0.1, 0.15) is 49.6 Å². The Morgan fingerprint density at radius 3 is 2.88 bits per heavy atom. The molecule has 0 amide bonds. The van der Waals surface area contributed by atoms with Crippen LogP contribution < -0.4 is 5.56 Å². The lowest BCUT2D eigenvalue weighted by atomic mass is 9.97. The van der Waals surface area contributed by atoms with E-state index in [1.807, 2.05) is 10.6 Å². The average molecular weight is 231 g/mol. The number of aromatic amines is 1. The summed E-state index contributed by atoms with van der Waals surface area (Å²) in [6.07, 6.45) is 4.12. The Morgan fingerprint density at radius 1 is 1.35 bits per heavy atom. The van der Waals surface area contributed by atoms with Crippen molar-refractivity contribution in [1.82, 2.24) is 14.6 Å². The summed E-state index contributed by atoms with van der Waals surface area (Å²) in [6, 6.07) is 1.99. The van der Waals surface area contributed by atoms with E-state index in [0.717, 1.165) is 48.3 Å². The van der Waals surface area contributed by atoms with E-state index in [1.54, 1.807) is 0 Å². The highest BCUT2D eigenvalue weighted by molar-refractivity contribution is 5.43. The second kappa shape index (κ2) is 3.72. The third-order valence-electron chi connectivity index (χ3n) is 3.53. The lowest BCUT2D eigenvalue weighted by molar-refractivity contribution is 0.630. The van der Waals surface area contributed by atoms with Crippen LogP contribution >= 0.6 is 0 Å². The number of H-pyrrole nitrogens is 1. The maximum absolute atomic E-state index is 12.0. The van der Waals surface area contributed by atoms with E-state index in [2.05, 4.69) is 23.9 Å². The van der Waals surface area contributed by atoms with Gasteiger partial charge in [0.15, 0.2) is 0 Å². The molecule has 0 saturated heterocycles. The lowest BCUT2D eigenvalue weighted by Gasteiger charge is -2.15. The number of fused-ring (bicyclic) bond motifs is 3. The first-order chi connectivity index (χ1) is 8.16. The molecule has 90 valence electrons. The van der Waals surface area contributed by atoms with E-state index < -0.39 is 0 Å². The van der Waals surface area contributed by atoms with Gasteiger partial charge in [-0.05, 0) is 31.6 Å². The van der Waals surface area contributed by atoms with Crippen molar-refractivity contribution < 1.29 is 0 Å². The molecule has 0 atom stereocenters. The van der Waals surface area contributed by atoms with Gasteiger partial charge >= 0.3 is 0 Å². The van der Waals surface area contributed by atoms with Gasteiger partial charge in [-0.1, -0.05) is 13.8 Å². The summed E-state index contributed by atoms with van der Waals surface area (Å²) in [5.41, 5.74) is 3.99. The van der Waals surface area contributed by atoms with E-state index >= 15 is 0 Å². The molecule has 0 aliphatic heterocycles. The summed E-state index contributed by atoms with van der Waals surface area (Å²) >= 11 is 0. The van der Waals surface area contributed by atoms with Crippen molar-refractivity contribution in [2.45, 2.75) is 45.4 Å². The second-order valence-electron chi connectivity index (χ2n) is 5.11. The SMILES string of the molecule is CC(C)c1cc2[nH]c(=O)c3c(n2n1)CCCC3. The van der Waals surface area contributed by atoms with Crippen molar-refractivity contribution in [3.8, 4) is 0 Å². The molecule has 1 aliphatic rings. The molecule has 2 aromatic heterocycles. The monoisotopic (exact) mass is 231 g/mol. The number of aromatic nitrogens is 3. The van der Waals surface area contributed by atoms with Crippen LogP contribution in [0.15, 0.2) is 10.9 Å². The van der Waals surface area contributed by atoms with E-state index in [1.165, 1.54) is 0 Å².